The summed E-state index contributed by atoms with van der Waals surface area (Å²) in [5.74, 6) is -4.13. The molecule has 1 aliphatic rings. The number of halogens is 5. The maximum absolute atomic E-state index is 15.1. The summed E-state index contributed by atoms with van der Waals surface area (Å²) in [5, 5.41) is 0. The van der Waals surface area contributed by atoms with Gasteiger partial charge in [0.2, 0.25) is 11.6 Å². The van der Waals surface area contributed by atoms with Crippen LogP contribution in [-0.4, -0.2) is 13.2 Å². The van der Waals surface area contributed by atoms with Gasteiger partial charge in [0.15, 0.2) is 23.1 Å². The van der Waals surface area contributed by atoms with Crippen molar-refractivity contribution in [2.24, 2.45) is 5.92 Å². The van der Waals surface area contributed by atoms with Gasteiger partial charge in [-0.25, -0.2) is 13.2 Å². The normalized spacial score (nSPS) is 17.7. The molecule has 1 atom stereocenters. The smallest absolute Gasteiger partial charge is 0.204 e. The zero-order valence-electron chi connectivity index (χ0n) is 23.4. The predicted octanol–water partition coefficient (Wildman–Crippen LogP) is 10.4. The monoisotopic (exact) mass is 572 g/mol. The number of hydrogen-bond acceptors (Lipinski definition) is 2. The van der Waals surface area contributed by atoms with Crippen molar-refractivity contribution >= 4 is 0 Å². The first-order valence-electron chi connectivity index (χ1n) is 14.4. The first-order valence-corrected chi connectivity index (χ1v) is 14.4. The highest BCUT2D eigenvalue weighted by atomic mass is 19.2. The summed E-state index contributed by atoms with van der Waals surface area (Å²) in [6.45, 7) is 5.96. The number of allylic oxidation sites excluding steroid dienone is 1. The third-order valence-corrected chi connectivity index (χ3v) is 7.89. The van der Waals surface area contributed by atoms with Crippen LogP contribution >= 0.6 is 0 Å². The molecule has 2 nitrogen and oxygen atoms in total. The Kier molecular flexibility index (Phi) is 10.8. The van der Waals surface area contributed by atoms with Gasteiger partial charge >= 0.3 is 0 Å². The molecular formula is C34H37F5O2. The minimum absolute atomic E-state index is 0.0153. The number of ether oxygens (including phenoxy) is 2. The van der Waals surface area contributed by atoms with Crippen molar-refractivity contribution < 1.29 is 31.4 Å². The van der Waals surface area contributed by atoms with Crippen LogP contribution < -0.4 is 9.47 Å². The third kappa shape index (κ3) is 7.49. The fourth-order valence-corrected chi connectivity index (χ4v) is 5.35. The van der Waals surface area contributed by atoms with Gasteiger partial charge in [-0.3, -0.25) is 0 Å². The summed E-state index contributed by atoms with van der Waals surface area (Å²) in [7, 11) is 0. The molecule has 1 aliphatic carbocycles. The SMILES string of the molecule is C=CC1CCC(c2ccc(-c3ccc(C(F)CCOc4ccc(OCCCCC)c(F)c4F)cc3)c(F)c2F)CC1. The molecule has 0 saturated heterocycles. The van der Waals surface area contributed by atoms with Crippen LogP contribution in [0.15, 0.2) is 61.2 Å². The second kappa shape index (κ2) is 14.5. The number of rotatable bonds is 13. The Morgan fingerprint density at radius 2 is 1.41 bits per heavy atom. The molecule has 4 rings (SSSR count). The standard InChI is InChI=1S/C34H37F5O2/c1-3-5-6-20-40-29-17-18-30(34(39)33(29)38)41-21-19-28(35)25-13-11-24(12-14-25)27-16-15-26(31(36)32(27)37)23-9-7-22(4-2)8-10-23/h4,11-18,22-23,28H,2-3,5-10,19-21H2,1H3. The Morgan fingerprint density at radius 3 is 2.02 bits per heavy atom. The van der Waals surface area contributed by atoms with E-state index in [0.717, 1.165) is 44.9 Å². The van der Waals surface area contributed by atoms with Crippen molar-refractivity contribution in [2.75, 3.05) is 13.2 Å². The molecule has 0 spiro atoms. The van der Waals surface area contributed by atoms with E-state index in [4.69, 9.17) is 9.47 Å². The molecule has 1 saturated carbocycles. The van der Waals surface area contributed by atoms with Crippen LogP contribution in [0.3, 0.4) is 0 Å². The summed E-state index contributed by atoms with van der Waals surface area (Å²) >= 11 is 0. The lowest BCUT2D eigenvalue weighted by molar-refractivity contribution is 0.226. The summed E-state index contributed by atoms with van der Waals surface area (Å²) in [6, 6.07) is 11.9. The van der Waals surface area contributed by atoms with E-state index in [-0.39, 0.29) is 42.6 Å². The highest BCUT2D eigenvalue weighted by Gasteiger charge is 2.26. The molecular weight excluding hydrogens is 535 g/mol. The predicted molar refractivity (Wildman–Crippen MR) is 152 cm³/mol. The average molecular weight is 573 g/mol. The molecule has 0 amide bonds. The van der Waals surface area contributed by atoms with Crippen molar-refractivity contribution in [3.8, 4) is 22.6 Å². The molecule has 0 radical (unpaired) electrons. The number of benzene rings is 3. The van der Waals surface area contributed by atoms with Crippen LogP contribution in [0.4, 0.5) is 22.0 Å². The largest absolute Gasteiger partial charge is 0.490 e. The van der Waals surface area contributed by atoms with Crippen LogP contribution in [0.5, 0.6) is 11.5 Å². The van der Waals surface area contributed by atoms with E-state index >= 15 is 8.78 Å². The summed E-state index contributed by atoms with van der Waals surface area (Å²) < 4.78 is 84.2. The summed E-state index contributed by atoms with van der Waals surface area (Å²) in [5.41, 5.74) is 1.27. The Bertz CT molecular complexity index is 1300. The minimum atomic E-state index is -1.45. The fraction of sp³-hybridized carbons (Fsp3) is 0.412. The van der Waals surface area contributed by atoms with Gasteiger partial charge in [-0.1, -0.05) is 62.2 Å². The summed E-state index contributed by atoms with van der Waals surface area (Å²) in [4.78, 5) is 0. The molecule has 0 aromatic heterocycles. The van der Waals surface area contributed by atoms with Gasteiger partial charge in [-0.05, 0) is 72.8 Å². The topological polar surface area (TPSA) is 18.5 Å². The lowest BCUT2D eigenvalue weighted by atomic mass is 9.78. The first kappa shape index (κ1) is 30.6. The Hall–Kier alpha value is -3.35. The lowest BCUT2D eigenvalue weighted by Crippen LogP contribution is -2.13. The van der Waals surface area contributed by atoms with Gasteiger partial charge in [0.1, 0.15) is 6.17 Å². The lowest BCUT2D eigenvalue weighted by Gasteiger charge is -2.27. The van der Waals surface area contributed by atoms with E-state index < -0.39 is 29.4 Å². The van der Waals surface area contributed by atoms with Gasteiger partial charge in [0.05, 0.1) is 13.2 Å². The van der Waals surface area contributed by atoms with E-state index in [1.807, 2.05) is 13.0 Å². The molecule has 0 N–H and O–H groups in total. The number of hydrogen-bond donors (Lipinski definition) is 0. The maximum atomic E-state index is 15.1. The number of alkyl halides is 1. The average Bonchev–Trinajstić information content (AvgIpc) is 3.00. The second-order valence-electron chi connectivity index (χ2n) is 10.6. The molecule has 1 fully saturated rings. The zero-order chi connectivity index (χ0) is 29.4. The van der Waals surface area contributed by atoms with Gasteiger partial charge < -0.3 is 9.47 Å². The van der Waals surface area contributed by atoms with Crippen molar-refractivity contribution in [1.29, 1.82) is 0 Å². The van der Waals surface area contributed by atoms with Crippen molar-refractivity contribution in [3.05, 3.63) is 95.6 Å². The molecule has 0 heterocycles. The Morgan fingerprint density at radius 1 is 0.780 bits per heavy atom. The quantitative estimate of drug-likeness (QED) is 0.115. The minimum Gasteiger partial charge on any atom is -0.490 e. The van der Waals surface area contributed by atoms with Crippen molar-refractivity contribution in [1.82, 2.24) is 0 Å². The molecule has 1 unspecified atom stereocenters. The van der Waals surface area contributed by atoms with E-state index in [9.17, 15) is 13.2 Å². The van der Waals surface area contributed by atoms with Crippen LogP contribution in [0.1, 0.15) is 81.5 Å². The van der Waals surface area contributed by atoms with Crippen LogP contribution in [0, 0.1) is 29.2 Å². The van der Waals surface area contributed by atoms with Gasteiger partial charge in [0, 0.05) is 12.0 Å². The van der Waals surface area contributed by atoms with Gasteiger partial charge in [-0.2, -0.15) is 8.78 Å². The van der Waals surface area contributed by atoms with Gasteiger partial charge in [0.25, 0.3) is 0 Å². The summed E-state index contributed by atoms with van der Waals surface area (Å²) in [6.07, 6.45) is 6.45. The molecule has 7 heteroatoms. The molecule has 0 bridgehead atoms. The van der Waals surface area contributed by atoms with E-state index in [1.165, 1.54) is 24.3 Å². The molecule has 0 aliphatic heterocycles. The first-order chi connectivity index (χ1) is 19.8. The van der Waals surface area contributed by atoms with Crippen LogP contribution in [-0.2, 0) is 0 Å². The molecule has 3 aromatic carbocycles. The van der Waals surface area contributed by atoms with Crippen molar-refractivity contribution in [3.63, 3.8) is 0 Å². The van der Waals surface area contributed by atoms with E-state index in [0.29, 0.717) is 22.6 Å². The van der Waals surface area contributed by atoms with E-state index in [1.54, 1.807) is 24.3 Å². The third-order valence-electron chi connectivity index (χ3n) is 7.89. The van der Waals surface area contributed by atoms with Crippen molar-refractivity contribution in [2.45, 2.75) is 70.4 Å². The van der Waals surface area contributed by atoms with E-state index in [2.05, 4.69) is 6.58 Å². The van der Waals surface area contributed by atoms with Crippen LogP contribution in [0.2, 0.25) is 0 Å². The Balaban J connectivity index is 1.33. The zero-order valence-corrected chi connectivity index (χ0v) is 23.4. The number of unbranched alkanes of at least 4 members (excludes halogenated alkanes) is 2. The highest BCUT2D eigenvalue weighted by molar-refractivity contribution is 5.65. The maximum Gasteiger partial charge on any atom is 0.204 e. The molecule has 3 aromatic rings. The van der Waals surface area contributed by atoms with Crippen LogP contribution in [0.25, 0.3) is 11.1 Å². The highest BCUT2D eigenvalue weighted by Crippen LogP contribution is 2.39. The Labute approximate surface area is 239 Å². The second-order valence-corrected chi connectivity index (χ2v) is 10.6. The fourth-order valence-electron chi connectivity index (χ4n) is 5.35. The van der Waals surface area contributed by atoms with Gasteiger partial charge in [-0.15, -0.1) is 6.58 Å². The molecule has 41 heavy (non-hydrogen) atoms. The molecule has 220 valence electrons.